The second kappa shape index (κ2) is 6.65. The van der Waals surface area contributed by atoms with Crippen molar-refractivity contribution in [3.63, 3.8) is 0 Å². The third-order valence-electron chi connectivity index (χ3n) is 5.43. The smallest absolute Gasteiger partial charge is 0.260 e. The standard InChI is InChI=1S/C21H20ClN5O/c1-26-8-10-27(11-9-26)13-6-7-16-17(12-13)24-20(23-16)18-19(22)14-4-2-3-5-15(14)25-21(18)28/h2-7,12H,8-11H2,1H3,(H,23,24)(H,25,28). The molecule has 7 heteroatoms. The van der Waals surface area contributed by atoms with Crippen LogP contribution in [0.4, 0.5) is 5.69 Å². The van der Waals surface area contributed by atoms with Crippen LogP contribution in [0, 0.1) is 0 Å². The van der Waals surface area contributed by atoms with Crippen LogP contribution in [0.25, 0.3) is 33.3 Å². The molecule has 0 unspecified atom stereocenters. The predicted molar refractivity (Wildman–Crippen MR) is 114 cm³/mol. The number of H-pyrrole nitrogens is 2. The van der Waals surface area contributed by atoms with Gasteiger partial charge in [-0.2, -0.15) is 0 Å². The first-order valence-electron chi connectivity index (χ1n) is 9.34. The molecule has 2 aromatic carbocycles. The van der Waals surface area contributed by atoms with Crippen molar-refractivity contribution in [2.24, 2.45) is 0 Å². The Labute approximate surface area is 166 Å². The summed E-state index contributed by atoms with van der Waals surface area (Å²) in [5.41, 5.74) is 3.72. The number of halogens is 1. The third-order valence-corrected chi connectivity index (χ3v) is 5.82. The first kappa shape index (κ1) is 17.3. The summed E-state index contributed by atoms with van der Waals surface area (Å²) in [5, 5.41) is 1.22. The molecular formula is C21H20ClN5O. The number of para-hydroxylation sites is 1. The molecule has 0 bridgehead atoms. The van der Waals surface area contributed by atoms with Crippen LogP contribution in [-0.2, 0) is 0 Å². The maximum absolute atomic E-state index is 12.7. The highest BCUT2D eigenvalue weighted by Gasteiger charge is 2.18. The van der Waals surface area contributed by atoms with Crippen LogP contribution in [0.1, 0.15) is 0 Å². The van der Waals surface area contributed by atoms with Gasteiger partial charge in [-0.25, -0.2) is 4.98 Å². The lowest BCUT2D eigenvalue weighted by Crippen LogP contribution is -2.44. The summed E-state index contributed by atoms with van der Waals surface area (Å²) in [6.45, 7) is 4.10. The number of nitrogens with one attached hydrogen (secondary N) is 2. The minimum atomic E-state index is -0.248. The number of benzene rings is 2. The highest BCUT2D eigenvalue weighted by atomic mass is 35.5. The van der Waals surface area contributed by atoms with E-state index in [1.807, 2.05) is 30.3 Å². The van der Waals surface area contributed by atoms with Crippen LogP contribution in [0.3, 0.4) is 0 Å². The molecular weight excluding hydrogens is 374 g/mol. The summed E-state index contributed by atoms with van der Waals surface area (Å²) in [4.78, 5) is 28.2. The molecule has 1 aliphatic rings. The molecule has 1 aliphatic heterocycles. The highest BCUT2D eigenvalue weighted by Crippen LogP contribution is 2.31. The van der Waals surface area contributed by atoms with Gasteiger partial charge >= 0.3 is 0 Å². The fourth-order valence-electron chi connectivity index (χ4n) is 3.79. The van der Waals surface area contributed by atoms with Crippen molar-refractivity contribution in [2.45, 2.75) is 0 Å². The van der Waals surface area contributed by atoms with E-state index in [0.29, 0.717) is 16.4 Å². The van der Waals surface area contributed by atoms with E-state index in [4.69, 9.17) is 11.6 Å². The number of anilines is 1. The van der Waals surface area contributed by atoms with E-state index < -0.39 is 0 Å². The summed E-state index contributed by atoms with van der Waals surface area (Å²) in [6, 6.07) is 13.7. The topological polar surface area (TPSA) is 68.0 Å². The fourth-order valence-corrected chi connectivity index (χ4v) is 4.13. The second-order valence-corrected chi connectivity index (χ2v) is 7.64. The average molecular weight is 394 g/mol. The Bertz CT molecular complexity index is 1240. The van der Waals surface area contributed by atoms with Crippen molar-refractivity contribution < 1.29 is 0 Å². The van der Waals surface area contributed by atoms with Gasteiger partial charge < -0.3 is 19.8 Å². The second-order valence-electron chi connectivity index (χ2n) is 7.27. The van der Waals surface area contributed by atoms with E-state index >= 15 is 0 Å². The number of nitrogens with zero attached hydrogens (tertiary/aromatic N) is 3. The zero-order valence-corrected chi connectivity index (χ0v) is 16.3. The fraction of sp³-hybridized carbons (Fsp3) is 0.238. The van der Waals surface area contributed by atoms with Crippen molar-refractivity contribution >= 4 is 39.2 Å². The molecule has 0 atom stereocenters. The molecule has 142 valence electrons. The van der Waals surface area contributed by atoms with Crippen LogP contribution in [0.5, 0.6) is 0 Å². The van der Waals surface area contributed by atoms with Crippen LogP contribution in [-0.4, -0.2) is 53.1 Å². The normalized spacial score (nSPS) is 15.6. The molecule has 1 fully saturated rings. The molecule has 0 amide bonds. The Hall–Kier alpha value is -2.83. The van der Waals surface area contributed by atoms with Gasteiger partial charge in [0.25, 0.3) is 5.56 Å². The van der Waals surface area contributed by atoms with Gasteiger partial charge in [0.1, 0.15) is 11.4 Å². The molecule has 0 radical (unpaired) electrons. The summed E-state index contributed by atoms with van der Waals surface area (Å²) < 4.78 is 0. The molecule has 0 saturated carbocycles. The zero-order chi connectivity index (χ0) is 19.3. The van der Waals surface area contributed by atoms with Gasteiger partial charge in [-0.3, -0.25) is 4.79 Å². The Morgan fingerprint density at radius 3 is 2.61 bits per heavy atom. The van der Waals surface area contributed by atoms with Crippen molar-refractivity contribution in [3.8, 4) is 11.4 Å². The number of likely N-dealkylation sites (N-methyl/N-ethyl adjacent to an activating group) is 1. The van der Waals surface area contributed by atoms with Gasteiger partial charge in [-0.15, -0.1) is 0 Å². The lowest BCUT2D eigenvalue weighted by molar-refractivity contribution is 0.313. The van der Waals surface area contributed by atoms with Crippen molar-refractivity contribution in [1.82, 2.24) is 19.9 Å². The van der Waals surface area contributed by atoms with Crippen molar-refractivity contribution in [1.29, 1.82) is 0 Å². The number of rotatable bonds is 2. The molecule has 2 N–H and O–H groups in total. The Morgan fingerprint density at radius 2 is 1.79 bits per heavy atom. The number of piperazine rings is 1. The molecule has 1 saturated heterocycles. The molecule has 2 aromatic heterocycles. The largest absolute Gasteiger partial charge is 0.369 e. The van der Waals surface area contributed by atoms with E-state index in [-0.39, 0.29) is 5.56 Å². The lowest BCUT2D eigenvalue weighted by atomic mass is 10.1. The number of aromatic amines is 2. The Balaban J connectivity index is 1.59. The van der Waals surface area contributed by atoms with Gasteiger partial charge in [-0.1, -0.05) is 29.8 Å². The van der Waals surface area contributed by atoms with E-state index in [9.17, 15) is 4.79 Å². The molecule has 0 aliphatic carbocycles. The average Bonchev–Trinajstić information content (AvgIpc) is 3.11. The van der Waals surface area contributed by atoms with Crippen LogP contribution < -0.4 is 10.5 Å². The first-order valence-corrected chi connectivity index (χ1v) is 9.72. The molecule has 28 heavy (non-hydrogen) atoms. The number of aromatic nitrogens is 3. The lowest BCUT2D eigenvalue weighted by Gasteiger charge is -2.34. The Morgan fingerprint density at radius 1 is 1.00 bits per heavy atom. The summed E-state index contributed by atoms with van der Waals surface area (Å²) in [5.74, 6) is 0.488. The molecule has 3 heterocycles. The first-order chi connectivity index (χ1) is 13.6. The number of hydrogen-bond acceptors (Lipinski definition) is 4. The number of pyridine rings is 1. The quantitative estimate of drug-likeness (QED) is 0.547. The van der Waals surface area contributed by atoms with E-state index in [1.54, 1.807) is 0 Å². The van der Waals surface area contributed by atoms with Crippen molar-refractivity contribution in [2.75, 3.05) is 38.1 Å². The summed E-state index contributed by atoms with van der Waals surface area (Å²) in [6.07, 6.45) is 0. The van der Waals surface area contributed by atoms with Crippen LogP contribution in [0.15, 0.2) is 47.3 Å². The molecule has 6 nitrogen and oxygen atoms in total. The predicted octanol–water partition coefficient (Wildman–Crippen LogP) is 3.48. The SMILES string of the molecule is CN1CCN(c2ccc3nc(-c4c(Cl)c5ccccc5[nH]c4=O)[nH]c3c2)CC1. The number of imidazole rings is 1. The molecule has 5 rings (SSSR count). The maximum atomic E-state index is 12.7. The number of hydrogen-bond donors (Lipinski definition) is 2. The van der Waals surface area contributed by atoms with Gasteiger partial charge in [-0.05, 0) is 31.3 Å². The van der Waals surface area contributed by atoms with E-state index in [1.165, 1.54) is 0 Å². The van der Waals surface area contributed by atoms with Crippen LogP contribution in [0.2, 0.25) is 5.02 Å². The monoisotopic (exact) mass is 393 g/mol. The van der Waals surface area contributed by atoms with Gasteiger partial charge in [0.2, 0.25) is 0 Å². The van der Waals surface area contributed by atoms with Gasteiger partial charge in [0.15, 0.2) is 0 Å². The van der Waals surface area contributed by atoms with Gasteiger partial charge in [0, 0.05) is 42.8 Å². The zero-order valence-electron chi connectivity index (χ0n) is 15.5. The minimum absolute atomic E-state index is 0.248. The molecule has 4 aromatic rings. The summed E-state index contributed by atoms with van der Waals surface area (Å²) >= 11 is 6.58. The minimum Gasteiger partial charge on any atom is -0.369 e. The summed E-state index contributed by atoms with van der Waals surface area (Å²) in [7, 11) is 2.15. The number of fused-ring (bicyclic) bond motifs is 2. The van der Waals surface area contributed by atoms with E-state index in [0.717, 1.165) is 53.8 Å². The Kier molecular flexibility index (Phi) is 4.10. The third kappa shape index (κ3) is 2.85. The van der Waals surface area contributed by atoms with Crippen molar-refractivity contribution in [3.05, 3.63) is 57.8 Å². The van der Waals surface area contributed by atoms with E-state index in [2.05, 4.69) is 43.9 Å². The van der Waals surface area contributed by atoms with Gasteiger partial charge in [0.05, 0.1) is 16.1 Å². The van der Waals surface area contributed by atoms with Crippen LogP contribution >= 0.6 is 11.6 Å². The molecule has 0 spiro atoms. The highest BCUT2D eigenvalue weighted by molar-refractivity contribution is 6.37. The maximum Gasteiger partial charge on any atom is 0.260 e.